The molecule has 0 radical (unpaired) electrons. The molecule has 0 spiro atoms. The molecule has 1 aromatic carbocycles. The monoisotopic (exact) mass is 148 g/mol. The maximum Gasteiger partial charge on any atom is 2.00 e. The molecule has 0 aromatic heterocycles. The van der Waals surface area contributed by atoms with Crippen LogP contribution >= 0.6 is 0 Å². The topological polar surface area (TPSA) is 37.3 Å². The smallest absolute Gasteiger partial charge is 1.00 e. The van der Waals surface area contributed by atoms with Crippen molar-refractivity contribution < 1.29 is 7.96 Å². The molecule has 0 aliphatic rings. The summed E-state index contributed by atoms with van der Waals surface area (Å²) < 4.78 is 0. The van der Waals surface area contributed by atoms with Gasteiger partial charge >= 0.3 is 23.1 Å². The molecular formula is C7H8MgO2. The molecular weight excluding hydrogens is 140 g/mol. The quantitative estimate of drug-likeness (QED) is 0.547. The Morgan fingerprint density at radius 3 is 2.50 bits per heavy atom. The van der Waals surface area contributed by atoms with E-state index in [0.717, 1.165) is 0 Å². The molecule has 0 aliphatic carbocycles. The predicted octanol–water partition coefficient (Wildman–Crippen LogP) is 0.597. The zero-order valence-electron chi connectivity index (χ0n) is 7.45. The first kappa shape index (κ1) is 9.46. The summed E-state index contributed by atoms with van der Waals surface area (Å²) in [7, 11) is 0. The number of aromatic hydroxyl groups is 1. The van der Waals surface area contributed by atoms with E-state index in [1.54, 1.807) is 18.2 Å². The normalized spacial score (nSPS) is 8.00. The minimum Gasteiger partial charge on any atom is -1.00 e. The van der Waals surface area contributed by atoms with Gasteiger partial charge in [-0.3, -0.25) is 4.79 Å². The Balaban J connectivity index is -0.000000270. The summed E-state index contributed by atoms with van der Waals surface area (Å²) in [5.41, 5.74) is -0.347. The molecule has 2 nitrogen and oxygen atoms in total. The van der Waals surface area contributed by atoms with Gasteiger partial charge in [0.05, 0.1) is 0 Å². The van der Waals surface area contributed by atoms with Gasteiger partial charge in [0.25, 0.3) is 0 Å². The number of hydrogen-bond acceptors (Lipinski definition) is 2. The van der Waals surface area contributed by atoms with E-state index in [-0.39, 0.29) is 37.1 Å². The molecule has 0 bridgehead atoms. The molecule has 0 heterocycles. The first-order chi connectivity index (χ1) is 4.30. The molecule has 0 atom stereocenters. The minimum atomic E-state index is -0.347. The van der Waals surface area contributed by atoms with E-state index in [2.05, 4.69) is 0 Å². The minimum absolute atomic E-state index is 0. The molecule has 0 amide bonds. The average molecular weight is 148 g/mol. The Hall–Kier alpha value is -0.544. The first-order valence-electron chi connectivity index (χ1n) is 2.59. The largest absolute Gasteiger partial charge is 2.00 e. The van der Waals surface area contributed by atoms with Crippen molar-refractivity contribution in [2.75, 3.05) is 0 Å². The van der Waals surface area contributed by atoms with Crippen LogP contribution in [0.2, 0.25) is 0 Å². The van der Waals surface area contributed by atoms with Gasteiger partial charge in [-0.1, -0.05) is 18.2 Å². The van der Waals surface area contributed by atoms with Crippen LogP contribution in [0.5, 0.6) is 5.75 Å². The third-order valence-electron chi connectivity index (χ3n) is 0.976. The van der Waals surface area contributed by atoms with Crippen molar-refractivity contribution in [3.05, 3.63) is 40.6 Å². The van der Waals surface area contributed by atoms with Crippen LogP contribution in [0.25, 0.3) is 0 Å². The van der Waals surface area contributed by atoms with Gasteiger partial charge < -0.3 is 7.96 Å². The van der Waals surface area contributed by atoms with Crippen molar-refractivity contribution in [1.29, 1.82) is 0 Å². The third-order valence-corrected chi connectivity index (χ3v) is 0.976. The fraction of sp³-hybridized carbons (Fsp3) is 0. The summed E-state index contributed by atoms with van der Waals surface area (Å²) >= 11 is 0. The van der Waals surface area contributed by atoms with Gasteiger partial charge in [-0.25, -0.2) is 0 Å². The Bertz CT molecular complexity index is 267. The molecule has 3 heteroatoms. The van der Waals surface area contributed by atoms with E-state index < -0.39 is 0 Å². The molecule has 0 aliphatic heterocycles. The van der Waals surface area contributed by atoms with Crippen LogP contribution in [0.15, 0.2) is 35.1 Å². The maximum atomic E-state index is 10.6. The van der Waals surface area contributed by atoms with Crippen molar-refractivity contribution >= 4 is 23.1 Å². The summed E-state index contributed by atoms with van der Waals surface area (Å²) in [6, 6.07) is 7.55. The van der Waals surface area contributed by atoms with E-state index >= 15 is 0 Å². The van der Waals surface area contributed by atoms with Gasteiger partial charge in [0, 0.05) is 0 Å². The van der Waals surface area contributed by atoms with Gasteiger partial charge in [-0.05, 0) is 12.1 Å². The van der Waals surface area contributed by atoms with E-state index in [1.165, 1.54) is 12.1 Å². The van der Waals surface area contributed by atoms with E-state index in [4.69, 9.17) is 5.11 Å². The number of hydrogen-bond donors (Lipinski definition) is 1. The number of rotatable bonds is 0. The molecule has 0 fully saturated rings. The van der Waals surface area contributed by atoms with Crippen LogP contribution in [0, 0.1) is 0 Å². The summed E-state index contributed by atoms with van der Waals surface area (Å²) in [6.07, 6.45) is 0. The van der Waals surface area contributed by atoms with Crippen molar-refractivity contribution in [3.63, 3.8) is 0 Å². The molecule has 1 rings (SSSR count). The summed E-state index contributed by atoms with van der Waals surface area (Å²) in [4.78, 5) is 10.6. The molecule has 0 saturated heterocycles. The maximum absolute atomic E-state index is 10.6. The fourth-order valence-corrected chi connectivity index (χ4v) is 0.521. The van der Waals surface area contributed by atoms with Crippen LogP contribution in [-0.4, -0.2) is 28.2 Å². The SMILES string of the molecule is O=c1cccccc1O.[H-].[H-].[Mg+2]. The molecule has 1 aromatic rings. The summed E-state index contributed by atoms with van der Waals surface area (Å²) in [6.45, 7) is 0. The second kappa shape index (κ2) is 4.30. The second-order valence-electron chi connectivity index (χ2n) is 1.66. The Morgan fingerprint density at radius 2 is 1.80 bits per heavy atom. The molecule has 0 saturated carbocycles. The zero-order valence-corrected chi connectivity index (χ0v) is 6.86. The van der Waals surface area contributed by atoms with Crippen molar-refractivity contribution in [2.45, 2.75) is 0 Å². The van der Waals surface area contributed by atoms with Crippen LogP contribution in [-0.2, 0) is 0 Å². The van der Waals surface area contributed by atoms with Gasteiger partial charge in [-0.2, -0.15) is 0 Å². The van der Waals surface area contributed by atoms with Crippen molar-refractivity contribution in [3.8, 4) is 5.75 Å². The van der Waals surface area contributed by atoms with Crippen LogP contribution in [0.4, 0.5) is 0 Å². The van der Waals surface area contributed by atoms with Gasteiger partial charge in [0.1, 0.15) is 0 Å². The van der Waals surface area contributed by atoms with Crippen LogP contribution in [0.3, 0.4) is 0 Å². The van der Waals surface area contributed by atoms with Gasteiger partial charge in [0.2, 0.25) is 5.43 Å². The van der Waals surface area contributed by atoms with Gasteiger partial charge in [0.15, 0.2) is 5.75 Å². The molecule has 10 heavy (non-hydrogen) atoms. The Morgan fingerprint density at radius 1 is 1.20 bits per heavy atom. The predicted molar refractivity (Wildman–Crippen MR) is 42.4 cm³/mol. The van der Waals surface area contributed by atoms with Gasteiger partial charge in [-0.15, -0.1) is 0 Å². The summed E-state index contributed by atoms with van der Waals surface area (Å²) in [5.74, 6) is -0.208. The first-order valence-corrected chi connectivity index (χ1v) is 2.59. The van der Waals surface area contributed by atoms with E-state index in [1.807, 2.05) is 0 Å². The van der Waals surface area contributed by atoms with E-state index in [9.17, 15) is 4.79 Å². The fourth-order valence-electron chi connectivity index (χ4n) is 0.521. The zero-order chi connectivity index (χ0) is 6.69. The summed E-state index contributed by atoms with van der Waals surface area (Å²) in [5, 5.41) is 8.77. The molecule has 1 N–H and O–H groups in total. The van der Waals surface area contributed by atoms with Crippen LogP contribution in [0.1, 0.15) is 2.85 Å². The Labute approximate surface area is 77.6 Å². The third kappa shape index (κ3) is 2.37. The average Bonchev–Trinajstić information content (AvgIpc) is 1.99. The Kier molecular flexibility index (Phi) is 4.07. The second-order valence-corrected chi connectivity index (χ2v) is 1.66. The molecule has 50 valence electrons. The van der Waals surface area contributed by atoms with E-state index in [0.29, 0.717) is 0 Å². The van der Waals surface area contributed by atoms with Crippen molar-refractivity contribution in [2.24, 2.45) is 0 Å². The van der Waals surface area contributed by atoms with Crippen LogP contribution < -0.4 is 5.43 Å². The molecule has 0 unspecified atom stereocenters. The standard InChI is InChI=1S/C7H6O2.Mg.2H/c8-6-4-2-1-3-5-7(6)9;;;/h1-5H,(H,8,9);;;/q;+2;2*-1. The van der Waals surface area contributed by atoms with Crippen molar-refractivity contribution in [1.82, 2.24) is 0 Å².